The van der Waals surface area contributed by atoms with Crippen LogP contribution in [-0.2, 0) is 16.1 Å². The third kappa shape index (κ3) is 3.26. The van der Waals surface area contributed by atoms with E-state index in [1.165, 1.54) is 12.1 Å². The molecule has 2 heterocycles. The molecule has 0 aromatic heterocycles. The van der Waals surface area contributed by atoms with E-state index in [0.717, 1.165) is 32.4 Å². The van der Waals surface area contributed by atoms with Crippen molar-refractivity contribution in [2.75, 3.05) is 26.2 Å². The van der Waals surface area contributed by atoms with Crippen molar-refractivity contribution in [1.82, 2.24) is 9.62 Å². The normalized spacial score (nSPS) is 23.3. The molecule has 22 heavy (non-hydrogen) atoms. The summed E-state index contributed by atoms with van der Waals surface area (Å²) in [7, 11) is 0. The lowest BCUT2D eigenvalue weighted by Crippen LogP contribution is -2.58. The van der Waals surface area contributed by atoms with Crippen LogP contribution in [0.1, 0.15) is 19.3 Å². The molecule has 0 amide bonds. The molecule has 1 atom stereocenters. The first kappa shape index (κ1) is 15.7. The van der Waals surface area contributed by atoms with Gasteiger partial charge < -0.3 is 9.29 Å². The van der Waals surface area contributed by atoms with Gasteiger partial charge in [-0.3, -0.25) is 15.4 Å². The highest BCUT2D eigenvalue weighted by atomic mass is 32.2. The van der Waals surface area contributed by atoms with E-state index in [4.69, 9.17) is 4.74 Å². The Morgan fingerprint density at radius 1 is 1.27 bits per heavy atom. The van der Waals surface area contributed by atoms with Crippen LogP contribution in [0.4, 0.5) is 5.69 Å². The monoisotopic (exact) mass is 325 g/mol. The zero-order valence-electron chi connectivity index (χ0n) is 12.2. The van der Waals surface area contributed by atoms with Crippen LogP contribution >= 0.6 is 0 Å². The van der Waals surface area contributed by atoms with Crippen LogP contribution < -0.4 is 5.32 Å². The average molecular weight is 325 g/mol. The van der Waals surface area contributed by atoms with E-state index in [1.54, 1.807) is 12.1 Å². The minimum absolute atomic E-state index is 0.0122. The number of hydrogen-bond donors (Lipinski definition) is 1. The standard InChI is InChI=1S/C14H19N3O4S/c18-17(19)12-2-4-13(5-3-12)22(20)16-9-6-14(7-10-16)15-8-1-11-21-14/h2-5,15H,1,6-11H2. The molecule has 0 radical (unpaired) electrons. The van der Waals surface area contributed by atoms with Crippen LogP contribution in [0, 0.1) is 10.1 Å². The fourth-order valence-electron chi connectivity index (χ4n) is 2.87. The van der Waals surface area contributed by atoms with Gasteiger partial charge in [0.2, 0.25) is 0 Å². The number of ether oxygens (including phenoxy) is 1. The molecule has 0 aliphatic carbocycles. The van der Waals surface area contributed by atoms with Gasteiger partial charge in [0.25, 0.3) is 5.69 Å². The largest absolute Gasteiger partial charge is 0.593 e. The summed E-state index contributed by atoms with van der Waals surface area (Å²) in [5.74, 6) is 0. The van der Waals surface area contributed by atoms with Crippen LogP contribution in [-0.4, -0.2) is 45.7 Å². The summed E-state index contributed by atoms with van der Waals surface area (Å²) >= 11 is -1.29. The molecule has 2 fully saturated rings. The molecular formula is C14H19N3O4S. The van der Waals surface area contributed by atoms with Crippen LogP contribution in [0.5, 0.6) is 0 Å². The highest BCUT2D eigenvalue weighted by Crippen LogP contribution is 2.29. The summed E-state index contributed by atoms with van der Waals surface area (Å²) in [6.45, 7) is 3.09. The number of nitro groups is 1. The number of piperidine rings is 1. The zero-order valence-corrected chi connectivity index (χ0v) is 13.0. The molecule has 7 nitrogen and oxygen atoms in total. The van der Waals surface area contributed by atoms with Gasteiger partial charge in [0.05, 0.1) is 22.9 Å². The highest BCUT2D eigenvalue weighted by Gasteiger charge is 2.40. The van der Waals surface area contributed by atoms with Gasteiger partial charge >= 0.3 is 0 Å². The maximum absolute atomic E-state index is 12.6. The van der Waals surface area contributed by atoms with Crippen molar-refractivity contribution < 1.29 is 14.2 Å². The molecule has 1 N–H and O–H groups in total. The van der Waals surface area contributed by atoms with Crippen molar-refractivity contribution in [3.05, 3.63) is 34.4 Å². The number of non-ortho nitro benzene ring substituents is 1. The second-order valence-corrected chi connectivity index (χ2v) is 7.04. The lowest BCUT2D eigenvalue weighted by Gasteiger charge is -2.43. The summed E-state index contributed by atoms with van der Waals surface area (Å²) in [6.07, 6.45) is 2.62. The first-order chi connectivity index (χ1) is 10.6. The predicted octanol–water partition coefficient (Wildman–Crippen LogP) is 1.42. The number of nitrogens with one attached hydrogen (secondary N) is 1. The molecule has 1 aromatic carbocycles. The Morgan fingerprint density at radius 2 is 1.95 bits per heavy atom. The van der Waals surface area contributed by atoms with E-state index in [0.29, 0.717) is 18.0 Å². The van der Waals surface area contributed by atoms with Gasteiger partial charge in [-0.1, -0.05) is 0 Å². The molecule has 2 saturated heterocycles. The van der Waals surface area contributed by atoms with Crippen molar-refractivity contribution in [1.29, 1.82) is 0 Å². The minimum atomic E-state index is -1.29. The lowest BCUT2D eigenvalue weighted by atomic mass is 10.0. The quantitative estimate of drug-likeness (QED) is 0.513. The van der Waals surface area contributed by atoms with Crippen LogP contribution in [0.3, 0.4) is 0 Å². The summed E-state index contributed by atoms with van der Waals surface area (Å²) in [5, 5.41) is 14.1. The van der Waals surface area contributed by atoms with Crippen molar-refractivity contribution in [3.63, 3.8) is 0 Å². The maximum Gasteiger partial charge on any atom is 0.269 e. The van der Waals surface area contributed by atoms with Gasteiger partial charge in [0.1, 0.15) is 5.72 Å². The Labute approximate surface area is 132 Å². The van der Waals surface area contributed by atoms with Crippen LogP contribution in [0.2, 0.25) is 0 Å². The van der Waals surface area contributed by atoms with Crippen molar-refractivity contribution >= 4 is 17.0 Å². The first-order valence-corrected chi connectivity index (χ1v) is 8.51. The molecule has 1 unspecified atom stereocenters. The van der Waals surface area contributed by atoms with E-state index in [2.05, 4.69) is 5.32 Å². The summed E-state index contributed by atoms with van der Waals surface area (Å²) < 4.78 is 20.3. The van der Waals surface area contributed by atoms with Gasteiger partial charge in [-0.25, -0.2) is 0 Å². The van der Waals surface area contributed by atoms with Crippen LogP contribution in [0.15, 0.2) is 29.2 Å². The summed E-state index contributed by atoms with van der Waals surface area (Å²) in [6, 6.07) is 5.91. The third-order valence-corrected chi connectivity index (χ3v) is 5.67. The maximum atomic E-state index is 12.6. The van der Waals surface area contributed by atoms with Gasteiger partial charge in [0, 0.05) is 50.2 Å². The van der Waals surface area contributed by atoms with Gasteiger partial charge in [-0.05, 0) is 13.0 Å². The van der Waals surface area contributed by atoms with Crippen LogP contribution in [0.25, 0.3) is 0 Å². The molecule has 1 aromatic rings. The SMILES string of the molecule is O=[N+]([O-])c1ccc([S+]([O-])N2CCC3(CC2)NCCCO3)cc1. The summed E-state index contributed by atoms with van der Waals surface area (Å²) in [4.78, 5) is 10.8. The number of benzene rings is 1. The van der Waals surface area contributed by atoms with Crippen molar-refractivity contribution in [3.8, 4) is 0 Å². The average Bonchev–Trinajstić information content (AvgIpc) is 2.56. The summed E-state index contributed by atoms with van der Waals surface area (Å²) in [5.41, 5.74) is -0.243. The molecule has 8 heteroatoms. The molecule has 3 rings (SSSR count). The molecule has 0 bridgehead atoms. The van der Waals surface area contributed by atoms with E-state index in [9.17, 15) is 14.7 Å². The van der Waals surface area contributed by atoms with E-state index < -0.39 is 16.3 Å². The minimum Gasteiger partial charge on any atom is -0.593 e. The Balaban J connectivity index is 1.61. The molecule has 120 valence electrons. The highest BCUT2D eigenvalue weighted by molar-refractivity contribution is 7.89. The molecule has 2 aliphatic heterocycles. The Morgan fingerprint density at radius 3 is 2.50 bits per heavy atom. The Kier molecular flexibility index (Phi) is 4.65. The Hall–Kier alpha value is -1.19. The van der Waals surface area contributed by atoms with Crippen molar-refractivity contribution in [2.24, 2.45) is 0 Å². The second-order valence-electron chi connectivity index (χ2n) is 5.55. The molecular weight excluding hydrogens is 306 g/mol. The molecule has 0 saturated carbocycles. The van der Waals surface area contributed by atoms with Crippen molar-refractivity contribution in [2.45, 2.75) is 29.9 Å². The van der Waals surface area contributed by atoms with E-state index >= 15 is 0 Å². The fraction of sp³-hybridized carbons (Fsp3) is 0.571. The fourth-order valence-corrected chi connectivity index (χ4v) is 4.06. The number of rotatable bonds is 3. The number of hydrogen-bond acceptors (Lipinski definition) is 6. The smallest absolute Gasteiger partial charge is 0.269 e. The number of nitro benzene ring substituents is 1. The lowest BCUT2D eigenvalue weighted by molar-refractivity contribution is -0.384. The topological polar surface area (TPSA) is 90.7 Å². The van der Waals surface area contributed by atoms with E-state index in [-0.39, 0.29) is 11.4 Å². The van der Waals surface area contributed by atoms with Gasteiger partial charge in [-0.2, -0.15) is 0 Å². The second kappa shape index (κ2) is 6.51. The van der Waals surface area contributed by atoms with E-state index in [1.807, 2.05) is 4.31 Å². The Bertz CT molecular complexity index is 523. The molecule has 1 spiro atoms. The van der Waals surface area contributed by atoms with Gasteiger partial charge in [0.15, 0.2) is 4.90 Å². The first-order valence-electron chi connectivity index (χ1n) is 7.40. The third-order valence-electron chi connectivity index (χ3n) is 4.16. The zero-order chi connectivity index (χ0) is 15.6. The predicted molar refractivity (Wildman–Crippen MR) is 81.6 cm³/mol. The molecule has 2 aliphatic rings. The number of nitrogens with zero attached hydrogens (tertiary/aromatic N) is 2. The van der Waals surface area contributed by atoms with Gasteiger partial charge in [-0.15, -0.1) is 4.31 Å².